The Morgan fingerprint density at radius 3 is 2.79 bits per heavy atom. The molecular weight excluding hydrogens is 306 g/mol. The van der Waals surface area contributed by atoms with Crippen molar-refractivity contribution in [2.45, 2.75) is 13.8 Å². The molecule has 0 saturated carbocycles. The number of nitrogens with one attached hydrogen (secondary N) is 2. The van der Waals surface area contributed by atoms with E-state index in [1.54, 1.807) is 18.2 Å². The molecule has 0 aliphatic heterocycles. The van der Waals surface area contributed by atoms with Crippen molar-refractivity contribution in [2.24, 2.45) is 5.10 Å². The predicted octanol–water partition coefficient (Wildman–Crippen LogP) is 2.66. The first kappa shape index (κ1) is 17.3. The average Bonchev–Trinajstić information content (AvgIpc) is 2.57. The van der Waals surface area contributed by atoms with Gasteiger partial charge >= 0.3 is 0 Å². The maximum atomic E-state index is 11.8. The lowest BCUT2D eigenvalue weighted by molar-refractivity contribution is -0.119. The van der Waals surface area contributed by atoms with Crippen molar-refractivity contribution >= 4 is 17.8 Å². The zero-order valence-corrected chi connectivity index (χ0v) is 13.7. The van der Waals surface area contributed by atoms with E-state index in [0.29, 0.717) is 17.9 Å². The lowest BCUT2D eigenvalue weighted by Crippen LogP contribution is -2.26. The number of hydrogen-bond acceptors (Lipinski definition) is 5. The van der Waals surface area contributed by atoms with Gasteiger partial charge in [-0.15, -0.1) is 0 Å². The number of aromatic hydroxyl groups is 1. The summed E-state index contributed by atoms with van der Waals surface area (Å²) >= 11 is 0. The van der Waals surface area contributed by atoms with E-state index in [2.05, 4.69) is 15.8 Å². The van der Waals surface area contributed by atoms with Gasteiger partial charge in [0.2, 0.25) is 0 Å². The van der Waals surface area contributed by atoms with Crippen LogP contribution in [0.4, 0.5) is 5.69 Å². The third-order valence-electron chi connectivity index (χ3n) is 3.31. The maximum Gasteiger partial charge on any atom is 0.259 e. The molecule has 6 nitrogen and oxygen atoms in total. The van der Waals surface area contributed by atoms with Crippen LogP contribution in [0.3, 0.4) is 0 Å². The molecule has 0 fully saturated rings. The number of nitrogens with zero attached hydrogens (tertiary/aromatic N) is 1. The third kappa shape index (κ3) is 4.74. The number of para-hydroxylation sites is 2. The molecule has 126 valence electrons. The highest BCUT2D eigenvalue weighted by atomic mass is 16.5. The largest absolute Gasteiger partial charge is 0.504 e. The molecule has 0 heterocycles. The Balaban J connectivity index is 1.89. The van der Waals surface area contributed by atoms with Crippen molar-refractivity contribution in [1.29, 1.82) is 0 Å². The molecule has 0 aliphatic carbocycles. The van der Waals surface area contributed by atoms with E-state index in [-0.39, 0.29) is 18.2 Å². The summed E-state index contributed by atoms with van der Waals surface area (Å²) in [6.45, 7) is 4.36. The summed E-state index contributed by atoms with van der Waals surface area (Å²) in [6, 6.07) is 12.8. The molecule has 0 spiro atoms. The van der Waals surface area contributed by atoms with Gasteiger partial charge in [-0.2, -0.15) is 5.10 Å². The molecule has 2 aromatic rings. The fourth-order valence-corrected chi connectivity index (χ4v) is 2.08. The van der Waals surface area contributed by atoms with Gasteiger partial charge in [-0.3, -0.25) is 4.79 Å². The maximum absolute atomic E-state index is 11.8. The van der Waals surface area contributed by atoms with Gasteiger partial charge in [-0.05, 0) is 37.6 Å². The molecule has 0 radical (unpaired) electrons. The molecular formula is C18H21N3O3. The number of carbonyl (C=O) groups is 1. The summed E-state index contributed by atoms with van der Waals surface area (Å²) in [5.74, 6) is 0.0966. The van der Waals surface area contributed by atoms with Crippen LogP contribution in [-0.2, 0) is 4.79 Å². The van der Waals surface area contributed by atoms with E-state index in [0.717, 1.165) is 11.3 Å². The number of aryl methyl sites for hydroxylation is 1. The summed E-state index contributed by atoms with van der Waals surface area (Å²) in [5, 5.41) is 16.9. The number of phenolic OH excluding ortho intramolecular Hbond substituents is 1. The second-order valence-electron chi connectivity index (χ2n) is 5.09. The molecule has 0 saturated heterocycles. The molecule has 2 rings (SSSR count). The molecule has 6 heteroatoms. The van der Waals surface area contributed by atoms with Crippen LogP contribution >= 0.6 is 0 Å². The first-order chi connectivity index (χ1) is 11.6. The first-order valence-corrected chi connectivity index (χ1v) is 7.68. The van der Waals surface area contributed by atoms with Crippen LogP contribution in [0.15, 0.2) is 47.6 Å². The van der Waals surface area contributed by atoms with E-state index in [1.807, 2.05) is 38.1 Å². The Hall–Kier alpha value is -3.02. The van der Waals surface area contributed by atoms with Gasteiger partial charge in [-0.1, -0.05) is 24.3 Å². The van der Waals surface area contributed by atoms with Gasteiger partial charge in [-0.25, -0.2) is 5.43 Å². The van der Waals surface area contributed by atoms with E-state index in [4.69, 9.17) is 4.74 Å². The molecule has 3 N–H and O–H groups in total. The quantitative estimate of drug-likeness (QED) is 0.539. The molecule has 0 unspecified atom stereocenters. The minimum Gasteiger partial charge on any atom is -0.504 e. The van der Waals surface area contributed by atoms with Crippen molar-refractivity contribution in [3.63, 3.8) is 0 Å². The standard InChI is InChI=1S/C18H21N3O3/c1-3-24-16-10-6-8-14(18(16)23)11-20-21-17(22)12-19-15-9-5-4-7-13(15)2/h4-11,19,23H,3,12H2,1-2H3,(H,21,22)/b20-11-. The van der Waals surface area contributed by atoms with Crippen molar-refractivity contribution in [3.8, 4) is 11.5 Å². The van der Waals surface area contributed by atoms with E-state index < -0.39 is 0 Å². The Morgan fingerprint density at radius 2 is 2.04 bits per heavy atom. The van der Waals surface area contributed by atoms with Crippen LogP contribution < -0.4 is 15.5 Å². The normalized spacial score (nSPS) is 10.6. The van der Waals surface area contributed by atoms with Crippen molar-refractivity contribution in [3.05, 3.63) is 53.6 Å². The van der Waals surface area contributed by atoms with E-state index >= 15 is 0 Å². The lowest BCUT2D eigenvalue weighted by atomic mass is 10.2. The topological polar surface area (TPSA) is 83.0 Å². The van der Waals surface area contributed by atoms with Crippen molar-refractivity contribution < 1.29 is 14.6 Å². The van der Waals surface area contributed by atoms with Gasteiger partial charge in [0.25, 0.3) is 5.91 Å². The number of amides is 1. The second-order valence-corrected chi connectivity index (χ2v) is 5.09. The average molecular weight is 327 g/mol. The fourth-order valence-electron chi connectivity index (χ4n) is 2.08. The number of anilines is 1. The number of rotatable bonds is 7. The number of phenols is 1. The monoisotopic (exact) mass is 327 g/mol. The number of hydrazone groups is 1. The zero-order chi connectivity index (χ0) is 17.4. The Kier molecular flexibility index (Phi) is 6.19. The van der Waals surface area contributed by atoms with Gasteiger partial charge in [0.1, 0.15) is 0 Å². The van der Waals surface area contributed by atoms with Crippen molar-refractivity contribution in [2.75, 3.05) is 18.5 Å². The summed E-state index contributed by atoms with van der Waals surface area (Å²) < 4.78 is 5.29. The highest BCUT2D eigenvalue weighted by Crippen LogP contribution is 2.28. The van der Waals surface area contributed by atoms with Gasteiger partial charge in [0.15, 0.2) is 11.5 Å². The number of hydrogen-bond donors (Lipinski definition) is 3. The SMILES string of the molecule is CCOc1cccc(/C=N\NC(=O)CNc2ccccc2C)c1O. The number of benzene rings is 2. The van der Waals surface area contributed by atoms with Crippen LogP contribution in [-0.4, -0.2) is 30.4 Å². The number of carbonyl (C=O) groups excluding carboxylic acids is 1. The van der Waals surface area contributed by atoms with E-state index in [1.165, 1.54) is 6.21 Å². The minimum absolute atomic E-state index is 0.00427. The Bertz CT molecular complexity index is 729. The van der Waals surface area contributed by atoms with Crippen molar-refractivity contribution in [1.82, 2.24) is 5.43 Å². The highest BCUT2D eigenvalue weighted by Gasteiger charge is 2.06. The first-order valence-electron chi connectivity index (χ1n) is 7.68. The minimum atomic E-state index is -0.282. The Labute approximate surface area is 141 Å². The number of ether oxygens (including phenoxy) is 1. The molecule has 1 amide bonds. The highest BCUT2D eigenvalue weighted by molar-refractivity contribution is 5.87. The van der Waals surface area contributed by atoms with Crippen LogP contribution in [0, 0.1) is 6.92 Å². The van der Waals surface area contributed by atoms with Gasteiger partial charge in [0, 0.05) is 11.3 Å². The summed E-state index contributed by atoms with van der Waals surface area (Å²) in [7, 11) is 0. The molecule has 2 aromatic carbocycles. The molecule has 0 aliphatic rings. The Morgan fingerprint density at radius 1 is 1.25 bits per heavy atom. The summed E-state index contributed by atoms with van der Waals surface area (Å²) in [5.41, 5.74) is 4.84. The summed E-state index contributed by atoms with van der Waals surface area (Å²) in [4.78, 5) is 11.8. The predicted molar refractivity (Wildman–Crippen MR) is 94.7 cm³/mol. The van der Waals surface area contributed by atoms with Crippen LogP contribution in [0.1, 0.15) is 18.1 Å². The zero-order valence-electron chi connectivity index (χ0n) is 13.7. The lowest BCUT2D eigenvalue weighted by Gasteiger charge is -2.08. The van der Waals surface area contributed by atoms with E-state index in [9.17, 15) is 9.90 Å². The molecule has 0 aromatic heterocycles. The van der Waals surface area contributed by atoms with Gasteiger partial charge in [0.05, 0.1) is 19.4 Å². The van der Waals surface area contributed by atoms with Crippen LogP contribution in [0.2, 0.25) is 0 Å². The molecule has 0 bridgehead atoms. The van der Waals surface area contributed by atoms with Gasteiger partial charge < -0.3 is 15.2 Å². The summed E-state index contributed by atoms with van der Waals surface area (Å²) in [6.07, 6.45) is 1.38. The van der Waals surface area contributed by atoms with Crippen LogP contribution in [0.5, 0.6) is 11.5 Å². The smallest absolute Gasteiger partial charge is 0.259 e. The molecule has 0 atom stereocenters. The van der Waals surface area contributed by atoms with Crippen LogP contribution in [0.25, 0.3) is 0 Å². The third-order valence-corrected chi connectivity index (χ3v) is 3.31. The fraction of sp³-hybridized carbons (Fsp3) is 0.222. The second kappa shape index (κ2) is 8.57. The molecule has 24 heavy (non-hydrogen) atoms.